The van der Waals surface area contributed by atoms with Crippen LogP contribution in [-0.4, -0.2) is 26.6 Å². The first-order valence-corrected chi connectivity index (χ1v) is 8.04. The van der Waals surface area contributed by atoms with E-state index in [0.29, 0.717) is 11.6 Å². The predicted molar refractivity (Wildman–Crippen MR) is 92.7 cm³/mol. The summed E-state index contributed by atoms with van der Waals surface area (Å²) in [5.74, 6) is 0.721. The molecule has 0 spiro atoms. The number of hydrogen-bond donors (Lipinski definition) is 2. The Hall–Kier alpha value is -2.70. The molecule has 2 rings (SSSR count). The lowest BCUT2D eigenvalue weighted by atomic mass is 10.2. The molecular weight excluding hydrogens is 306 g/mol. The van der Waals surface area contributed by atoms with Gasteiger partial charge in [0.05, 0.1) is 5.69 Å². The number of aryl methyl sites for hydroxylation is 3. The van der Waals surface area contributed by atoms with Crippen LogP contribution in [0, 0.1) is 13.8 Å². The maximum Gasteiger partial charge on any atom is 0.226 e. The first-order chi connectivity index (χ1) is 11.5. The zero-order chi connectivity index (χ0) is 17.5. The largest absolute Gasteiger partial charge is 0.311 e. The third kappa shape index (κ3) is 5.19. The Labute approximate surface area is 141 Å². The number of carbonyl (C=O) groups is 2. The molecule has 7 nitrogen and oxygen atoms in total. The van der Waals surface area contributed by atoms with Gasteiger partial charge in [0.1, 0.15) is 11.6 Å². The van der Waals surface area contributed by atoms with Crippen LogP contribution < -0.4 is 10.6 Å². The number of anilines is 2. The van der Waals surface area contributed by atoms with Gasteiger partial charge < -0.3 is 10.6 Å². The molecular formula is C17H23N5O2. The van der Waals surface area contributed by atoms with Crippen LogP contribution in [0.3, 0.4) is 0 Å². The number of hydrogen-bond acceptors (Lipinski definition) is 4. The minimum absolute atomic E-state index is 0.0996. The highest BCUT2D eigenvalue weighted by atomic mass is 16.2. The summed E-state index contributed by atoms with van der Waals surface area (Å²) >= 11 is 0. The maximum absolute atomic E-state index is 12.0. The fourth-order valence-corrected chi connectivity index (χ4v) is 2.27. The lowest BCUT2D eigenvalue weighted by Gasteiger charge is -2.08. The Morgan fingerprint density at radius 2 is 1.83 bits per heavy atom. The molecule has 2 N–H and O–H groups in total. The second kappa shape index (κ2) is 8.24. The van der Waals surface area contributed by atoms with Gasteiger partial charge in [-0.15, -0.1) is 0 Å². The van der Waals surface area contributed by atoms with Gasteiger partial charge >= 0.3 is 0 Å². The van der Waals surface area contributed by atoms with Crippen LogP contribution in [0.2, 0.25) is 0 Å². The second-order valence-corrected chi connectivity index (χ2v) is 5.71. The van der Waals surface area contributed by atoms with Gasteiger partial charge in [0.25, 0.3) is 0 Å². The first kappa shape index (κ1) is 17.7. The fourth-order valence-electron chi connectivity index (χ4n) is 2.27. The van der Waals surface area contributed by atoms with Crippen LogP contribution in [0.25, 0.3) is 0 Å². The van der Waals surface area contributed by atoms with Crippen molar-refractivity contribution in [2.75, 3.05) is 10.6 Å². The average molecular weight is 329 g/mol. The Morgan fingerprint density at radius 3 is 2.50 bits per heavy atom. The molecule has 0 fully saturated rings. The number of nitrogens with one attached hydrogen (secondary N) is 2. The average Bonchev–Trinajstić information content (AvgIpc) is 2.85. The molecule has 0 saturated carbocycles. The molecule has 2 aromatic heterocycles. The van der Waals surface area contributed by atoms with Crippen molar-refractivity contribution < 1.29 is 9.59 Å². The zero-order valence-electron chi connectivity index (χ0n) is 14.3. The molecule has 0 radical (unpaired) electrons. The minimum Gasteiger partial charge on any atom is -0.311 e. The molecule has 0 atom stereocenters. The molecule has 0 aliphatic rings. The highest BCUT2D eigenvalue weighted by molar-refractivity contribution is 5.96. The number of aromatic nitrogens is 3. The van der Waals surface area contributed by atoms with Crippen molar-refractivity contribution in [3.05, 3.63) is 35.7 Å². The molecule has 2 amide bonds. The summed E-state index contributed by atoms with van der Waals surface area (Å²) in [6.07, 6.45) is 2.76. The summed E-state index contributed by atoms with van der Waals surface area (Å²) in [6.45, 7) is 6.59. The van der Waals surface area contributed by atoms with Gasteiger partial charge in [-0.25, -0.2) is 9.67 Å². The third-order valence-electron chi connectivity index (χ3n) is 3.37. The molecule has 0 unspecified atom stereocenters. The summed E-state index contributed by atoms with van der Waals surface area (Å²) in [4.78, 5) is 28.0. The highest BCUT2D eigenvalue weighted by Crippen LogP contribution is 2.12. The Balaban J connectivity index is 1.83. The lowest BCUT2D eigenvalue weighted by Crippen LogP contribution is -2.19. The number of amides is 2. The summed E-state index contributed by atoms with van der Waals surface area (Å²) in [5.41, 5.74) is 1.86. The summed E-state index contributed by atoms with van der Waals surface area (Å²) in [7, 11) is 0. The molecule has 0 saturated heterocycles. The third-order valence-corrected chi connectivity index (χ3v) is 3.37. The molecule has 0 bridgehead atoms. The van der Waals surface area contributed by atoms with Crippen molar-refractivity contribution >= 4 is 23.5 Å². The van der Waals surface area contributed by atoms with Crippen molar-refractivity contribution in [3.8, 4) is 0 Å². The smallest absolute Gasteiger partial charge is 0.226 e. The van der Waals surface area contributed by atoms with E-state index in [0.717, 1.165) is 24.2 Å². The Bertz CT molecular complexity index is 724. The van der Waals surface area contributed by atoms with Gasteiger partial charge in [0, 0.05) is 31.6 Å². The van der Waals surface area contributed by atoms with Crippen LogP contribution in [0.1, 0.15) is 37.4 Å². The van der Waals surface area contributed by atoms with Crippen LogP contribution in [-0.2, 0) is 16.1 Å². The van der Waals surface area contributed by atoms with Gasteiger partial charge in [0.2, 0.25) is 11.8 Å². The standard InChI is InChI=1S/C17H23N5O2/c1-4-9-22-15(11-13(3)21-22)20-17(24)6-5-16(23)19-14-10-12(2)7-8-18-14/h7-8,10-11H,4-6,9H2,1-3H3,(H,20,24)(H,18,19,23). The number of rotatable bonds is 7. The van der Waals surface area contributed by atoms with E-state index in [9.17, 15) is 9.59 Å². The SMILES string of the molecule is CCCn1nc(C)cc1NC(=O)CCC(=O)Nc1cc(C)ccn1. The van der Waals surface area contributed by atoms with Crippen molar-refractivity contribution in [2.24, 2.45) is 0 Å². The van der Waals surface area contributed by atoms with Crippen LogP contribution in [0.15, 0.2) is 24.4 Å². The van der Waals surface area contributed by atoms with E-state index in [1.165, 1.54) is 0 Å². The van der Waals surface area contributed by atoms with Crippen molar-refractivity contribution in [3.63, 3.8) is 0 Å². The van der Waals surface area contributed by atoms with Crippen LogP contribution in [0.5, 0.6) is 0 Å². The molecule has 128 valence electrons. The van der Waals surface area contributed by atoms with Gasteiger partial charge in [-0.05, 0) is 38.0 Å². The van der Waals surface area contributed by atoms with Crippen LogP contribution in [0.4, 0.5) is 11.6 Å². The van der Waals surface area contributed by atoms with Gasteiger partial charge in [0.15, 0.2) is 0 Å². The van der Waals surface area contributed by atoms with Gasteiger partial charge in [-0.2, -0.15) is 5.10 Å². The summed E-state index contributed by atoms with van der Waals surface area (Å²) < 4.78 is 1.77. The first-order valence-electron chi connectivity index (χ1n) is 8.04. The summed E-state index contributed by atoms with van der Waals surface area (Å²) in [5, 5.41) is 9.83. The molecule has 2 aromatic rings. The normalized spacial score (nSPS) is 10.5. The summed E-state index contributed by atoms with van der Waals surface area (Å²) in [6, 6.07) is 5.46. The van der Waals surface area contributed by atoms with Gasteiger partial charge in [-0.3, -0.25) is 9.59 Å². The minimum atomic E-state index is -0.235. The van der Waals surface area contributed by atoms with E-state index in [2.05, 4.69) is 20.7 Å². The van der Waals surface area contributed by atoms with E-state index < -0.39 is 0 Å². The Morgan fingerprint density at radius 1 is 1.12 bits per heavy atom. The molecule has 2 heterocycles. The predicted octanol–water partition coefficient (Wildman–Crippen LogP) is 2.66. The number of pyridine rings is 1. The zero-order valence-corrected chi connectivity index (χ0v) is 14.3. The maximum atomic E-state index is 12.0. The van der Waals surface area contributed by atoms with Crippen LogP contribution >= 0.6 is 0 Å². The van der Waals surface area contributed by atoms with E-state index >= 15 is 0 Å². The van der Waals surface area contributed by atoms with E-state index in [-0.39, 0.29) is 24.7 Å². The van der Waals surface area contributed by atoms with E-state index in [4.69, 9.17) is 0 Å². The highest BCUT2D eigenvalue weighted by Gasteiger charge is 2.11. The molecule has 24 heavy (non-hydrogen) atoms. The quantitative estimate of drug-likeness (QED) is 0.817. The van der Waals surface area contributed by atoms with E-state index in [1.54, 1.807) is 16.9 Å². The fraction of sp³-hybridized carbons (Fsp3) is 0.412. The Kier molecular flexibility index (Phi) is 6.06. The molecule has 0 aromatic carbocycles. The number of carbonyl (C=O) groups excluding carboxylic acids is 2. The number of nitrogens with zero attached hydrogens (tertiary/aromatic N) is 3. The molecule has 0 aliphatic heterocycles. The van der Waals surface area contributed by atoms with E-state index in [1.807, 2.05) is 32.9 Å². The monoisotopic (exact) mass is 329 g/mol. The van der Waals surface area contributed by atoms with Crippen molar-refractivity contribution in [2.45, 2.75) is 46.6 Å². The van der Waals surface area contributed by atoms with Crippen molar-refractivity contribution in [1.82, 2.24) is 14.8 Å². The molecule has 7 heteroatoms. The van der Waals surface area contributed by atoms with Crippen molar-refractivity contribution in [1.29, 1.82) is 0 Å². The topological polar surface area (TPSA) is 88.9 Å². The lowest BCUT2D eigenvalue weighted by molar-refractivity contribution is -0.121. The second-order valence-electron chi connectivity index (χ2n) is 5.71. The molecule has 0 aliphatic carbocycles. The van der Waals surface area contributed by atoms with Gasteiger partial charge in [-0.1, -0.05) is 6.92 Å².